The molecule has 3 heterocycles. The normalized spacial score (nSPS) is 16.1. The third-order valence-corrected chi connectivity index (χ3v) is 9.27. The van der Waals surface area contributed by atoms with Gasteiger partial charge < -0.3 is 9.64 Å². The predicted molar refractivity (Wildman–Crippen MR) is 166 cm³/mol. The molecule has 0 bridgehead atoms. The number of hydrogen-bond acceptors (Lipinski definition) is 7. The minimum atomic E-state index is -0.451. The number of Topliss-reactive ketones (excluding diaryl/α,β-unsaturated/α-hetero) is 1. The van der Waals surface area contributed by atoms with Crippen molar-refractivity contribution in [1.82, 2.24) is 14.6 Å². The van der Waals surface area contributed by atoms with E-state index in [1.54, 1.807) is 10.7 Å². The summed E-state index contributed by atoms with van der Waals surface area (Å²) in [6, 6.07) is 13.7. The van der Waals surface area contributed by atoms with E-state index in [1.165, 1.54) is 18.4 Å². The molecular formula is C33H38N4O4S. The highest BCUT2D eigenvalue weighted by Gasteiger charge is 2.37. The first-order valence-electron chi connectivity index (χ1n) is 15.0. The van der Waals surface area contributed by atoms with Crippen molar-refractivity contribution in [2.24, 2.45) is 5.92 Å². The third-order valence-electron chi connectivity index (χ3n) is 8.11. The molecule has 3 aromatic heterocycles. The van der Waals surface area contributed by atoms with Crippen molar-refractivity contribution >= 4 is 40.3 Å². The molecule has 0 saturated heterocycles. The van der Waals surface area contributed by atoms with Gasteiger partial charge in [-0.15, -0.1) is 11.3 Å². The molecule has 8 nitrogen and oxygen atoms in total. The van der Waals surface area contributed by atoms with Crippen molar-refractivity contribution in [3.63, 3.8) is 0 Å². The summed E-state index contributed by atoms with van der Waals surface area (Å²) in [5, 5.41) is 4.61. The molecule has 0 radical (unpaired) electrons. The fraction of sp³-hybridized carbons (Fsp3) is 0.424. The van der Waals surface area contributed by atoms with Crippen LogP contribution in [0.25, 0.3) is 27.3 Å². The maximum absolute atomic E-state index is 14.0. The van der Waals surface area contributed by atoms with E-state index in [9.17, 15) is 14.4 Å². The lowest BCUT2D eigenvalue weighted by molar-refractivity contribution is -0.125. The Morgan fingerprint density at radius 3 is 2.33 bits per heavy atom. The van der Waals surface area contributed by atoms with Crippen LogP contribution in [0, 0.1) is 5.92 Å². The van der Waals surface area contributed by atoms with Crippen molar-refractivity contribution in [3.05, 3.63) is 59.7 Å². The molecule has 2 fully saturated rings. The Morgan fingerprint density at radius 1 is 0.976 bits per heavy atom. The summed E-state index contributed by atoms with van der Waals surface area (Å²) < 4.78 is 6.92. The average Bonchev–Trinajstić information content (AvgIpc) is 3.68. The van der Waals surface area contributed by atoms with Gasteiger partial charge in [-0.05, 0) is 43.4 Å². The largest absolute Gasteiger partial charge is 0.465 e. The van der Waals surface area contributed by atoms with Crippen molar-refractivity contribution in [2.75, 3.05) is 12.0 Å². The van der Waals surface area contributed by atoms with Gasteiger partial charge in [0.15, 0.2) is 5.65 Å². The molecule has 0 atom stereocenters. The van der Waals surface area contributed by atoms with Crippen molar-refractivity contribution in [1.29, 1.82) is 0 Å². The summed E-state index contributed by atoms with van der Waals surface area (Å²) in [7, 11) is 1.37. The molecular weight excluding hydrogens is 548 g/mol. The standard InChI is InChI=1S/C31H32N4O4S.C2H6/c1-39-31(38)29-26(35(23-12-14-24(36)15-13-23)30(37)22-6-3-2-4-7-22)19-27(40-29)21-10-8-20(9-11-21)25-18-28-32-16-5-17-34(28)33-25;1-2/h5,8-11,16-19,22-23H,2-4,6-7,12-15H2,1H3;1-2H3. The second-order valence-electron chi connectivity index (χ2n) is 10.7. The molecule has 2 aliphatic rings. The minimum absolute atomic E-state index is 0.0561. The fourth-order valence-electron chi connectivity index (χ4n) is 5.94. The van der Waals surface area contributed by atoms with Gasteiger partial charge in [-0.25, -0.2) is 14.3 Å². The van der Waals surface area contributed by atoms with E-state index in [0.29, 0.717) is 36.2 Å². The van der Waals surface area contributed by atoms with Crippen LogP contribution in [0.5, 0.6) is 0 Å². The lowest BCUT2D eigenvalue weighted by atomic mass is 9.86. The third kappa shape index (κ3) is 6.16. The van der Waals surface area contributed by atoms with Gasteiger partial charge in [-0.3, -0.25) is 9.59 Å². The van der Waals surface area contributed by atoms with Gasteiger partial charge in [0.25, 0.3) is 0 Å². The number of rotatable bonds is 6. The number of ketones is 1. The average molecular weight is 587 g/mol. The van der Waals surface area contributed by atoms with Crippen LogP contribution in [0.3, 0.4) is 0 Å². The van der Waals surface area contributed by atoms with Crippen LogP contribution in [0.15, 0.2) is 54.9 Å². The summed E-state index contributed by atoms with van der Waals surface area (Å²) in [6.45, 7) is 4.00. The number of esters is 1. The van der Waals surface area contributed by atoms with E-state index < -0.39 is 5.97 Å². The number of anilines is 1. The van der Waals surface area contributed by atoms with Crippen LogP contribution in [-0.4, -0.2) is 45.4 Å². The Labute approximate surface area is 250 Å². The second kappa shape index (κ2) is 13.4. The number of hydrogen-bond donors (Lipinski definition) is 0. The first-order valence-corrected chi connectivity index (χ1v) is 15.8. The van der Waals surface area contributed by atoms with E-state index in [1.807, 2.05) is 67.4 Å². The molecule has 4 aromatic rings. The van der Waals surface area contributed by atoms with E-state index in [4.69, 9.17) is 4.74 Å². The van der Waals surface area contributed by atoms with Crippen LogP contribution >= 0.6 is 11.3 Å². The fourth-order valence-corrected chi connectivity index (χ4v) is 7.02. The topological polar surface area (TPSA) is 93.9 Å². The quantitative estimate of drug-likeness (QED) is 0.219. The number of amides is 1. The lowest BCUT2D eigenvalue weighted by Gasteiger charge is -2.37. The van der Waals surface area contributed by atoms with Gasteiger partial charge >= 0.3 is 5.97 Å². The molecule has 42 heavy (non-hydrogen) atoms. The van der Waals surface area contributed by atoms with Crippen LogP contribution in [0.4, 0.5) is 5.69 Å². The molecule has 2 saturated carbocycles. The van der Waals surface area contributed by atoms with Gasteiger partial charge in [-0.2, -0.15) is 5.10 Å². The Morgan fingerprint density at radius 2 is 1.67 bits per heavy atom. The molecule has 0 unspecified atom stereocenters. The summed E-state index contributed by atoms with van der Waals surface area (Å²) in [5.74, 6) is -0.195. The molecule has 0 N–H and O–H groups in total. The molecule has 6 rings (SSSR count). The van der Waals surface area contributed by atoms with E-state index >= 15 is 0 Å². The Kier molecular flexibility index (Phi) is 9.47. The Bertz CT molecular complexity index is 1510. The minimum Gasteiger partial charge on any atom is -0.465 e. The van der Waals surface area contributed by atoms with Gasteiger partial charge in [0, 0.05) is 53.7 Å². The van der Waals surface area contributed by atoms with E-state index in [2.05, 4.69) is 10.1 Å². The van der Waals surface area contributed by atoms with Crippen molar-refractivity contribution in [3.8, 4) is 21.7 Å². The Balaban J connectivity index is 0.00000173. The second-order valence-corrected chi connectivity index (χ2v) is 11.7. The van der Waals surface area contributed by atoms with Gasteiger partial charge in [0.05, 0.1) is 18.5 Å². The lowest BCUT2D eigenvalue weighted by Crippen LogP contribution is -2.46. The monoisotopic (exact) mass is 586 g/mol. The van der Waals surface area contributed by atoms with Crippen LogP contribution < -0.4 is 4.90 Å². The zero-order valence-electron chi connectivity index (χ0n) is 24.5. The first-order chi connectivity index (χ1) is 20.5. The van der Waals surface area contributed by atoms with Gasteiger partial charge in [0.2, 0.25) is 5.91 Å². The molecule has 0 aliphatic heterocycles. The maximum atomic E-state index is 14.0. The van der Waals surface area contributed by atoms with Crippen LogP contribution in [0.1, 0.15) is 81.3 Å². The van der Waals surface area contributed by atoms with Crippen molar-refractivity contribution in [2.45, 2.75) is 77.7 Å². The van der Waals surface area contributed by atoms with Crippen LogP contribution in [-0.2, 0) is 14.3 Å². The number of carbonyl (C=O) groups is 3. The van der Waals surface area contributed by atoms with E-state index in [0.717, 1.165) is 59.4 Å². The summed E-state index contributed by atoms with van der Waals surface area (Å²) in [4.78, 5) is 46.6. The zero-order chi connectivity index (χ0) is 29.6. The van der Waals surface area contributed by atoms with Crippen molar-refractivity contribution < 1.29 is 19.1 Å². The number of nitrogens with zero attached hydrogens (tertiary/aromatic N) is 4. The SMILES string of the molecule is CC.COC(=O)c1sc(-c2ccc(-c3cc4ncccn4n3)cc2)cc1N(C(=O)C1CCCCC1)C1CCC(=O)CC1. The zero-order valence-corrected chi connectivity index (χ0v) is 25.4. The number of fused-ring (bicyclic) bond motifs is 1. The number of thiophene rings is 1. The molecule has 0 spiro atoms. The van der Waals surface area contributed by atoms with Gasteiger partial charge in [-0.1, -0.05) is 57.4 Å². The molecule has 220 valence electrons. The highest BCUT2D eigenvalue weighted by molar-refractivity contribution is 7.18. The smallest absolute Gasteiger partial charge is 0.350 e. The summed E-state index contributed by atoms with van der Waals surface area (Å²) in [6.07, 6.45) is 10.7. The summed E-state index contributed by atoms with van der Waals surface area (Å²) >= 11 is 1.34. The predicted octanol–water partition coefficient (Wildman–Crippen LogP) is 7.36. The molecule has 2 aliphatic carbocycles. The Hall–Kier alpha value is -3.85. The highest BCUT2D eigenvalue weighted by atomic mass is 32.1. The summed E-state index contributed by atoms with van der Waals surface area (Å²) in [5.41, 5.74) is 4.11. The molecule has 1 aromatic carbocycles. The number of ether oxygens (including phenoxy) is 1. The molecule has 9 heteroatoms. The van der Waals surface area contributed by atoms with E-state index in [-0.39, 0.29) is 23.7 Å². The van der Waals surface area contributed by atoms with Gasteiger partial charge in [0.1, 0.15) is 10.7 Å². The number of benzene rings is 1. The number of aromatic nitrogens is 3. The molecule has 1 amide bonds. The number of carbonyl (C=O) groups excluding carboxylic acids is 3. The highest BCUT2D eigenvalue weighted by Crippen LogP contribution is 2.41. The van der Waals surface area contributed by atoms with Crippen LogP contribution in [0.2, 0.25) is 0 Å². The number of methoxy groups -OCH3 is 1. The maximum Gasteiger partial charge on any atom is 0.350 e. The first kappa shape index (κ1) is 29.6.